The lowest BCUT2D eigenvalue weighted by molar-refractivity contribution is -0.116. The first-order valence-electron chi connectivity index (χ1n) is 6.36. The van der Waals surface area contributed by atoms with Crippen LogP contribution in [0.1, 0.15) is 24.8 Å². The minimum Gasteiger partial charge on any atom is -0.326 e. The summed E-state index contributed by atoms with van der Waals surface area (Å²) in [5, 5.41) is 3.73. The fourth-order valence-electron chi connectivity index (χ4n) is 1.96. The van der Waals surface area contributed by atoms with Crippen LogP contribution in [0.3, 0.4) is 0 Å². The number of amides is 1. The van der Waals surface area contributed by atoms with Crippen molar-refractivity contribution in [3.63, 3.8) is 0 Å². The Morgan fingerprint density at radius 1 is 1.10 bits per heavy atom. The summed E-state index contributed by atoms with van der Waals surface area (Å²) in [6.07, 6.45) is 0.421. The van der Waals surface area contributed by atoms with Crippen LogP contribution in [0.5, 0.6) is 0 Å². The Kier molecular flexibility index (Phi) is 5.05. The summed E-state index contributed by atoms with van der Waals surface area (Å²) >= 11 is 11.8. The van der Waals surface area contributed by atoms with Gasteiger partial charge in [-0.25, -0.2) is 0 Å². The summed E-state index contributed by atoms with van der Waals surface area (Å²) in [6, 6.07) is 15.0. The molecule has 2 rings (SSSR count). The molecule has 0 saturated heterocycles. The molecule has 20 heavy (non-hydrogen) atoms. The fourth-order valence-corrected chi connectivity index (χ4v) is 2.26. The predicted molar refractivity (Wildman–Crippen MR) is 84.6 cm³/mol. The van der Waals surface area contributed by atoms with Gasteiger partial charge < -0.3 is 5.32 Å². The van der Waals surface area contributed by atoms with Crippen LogP contribution in [0.15, 0.2) is 48.5 Å². The Morgan fingerprint density at radius 3 is 2.45 bits per heavy atom. The normalized spacial score (nSPS) is 11.9. The van der Waals surface area contributed by atoms with E-state index in [4.69, 9.17) is 23.2 Å². The maximum Gasteiger partial charge on any atom is 0.224 e. The van der Waals surface area contributed by atoms with Crippen molar-refractivity contribution in [2.45, 2.75) is 19.3 Å². The first-order valence-corrected chi connectivity index (χ1v) is 7.11. The highest BCUT2D eigenvalue weighted by Crippen LogP contribution is 2.25. The molecular formula is C16H15Cl2NO. The van der Waals surface area contributed by atoms with Crippen molar-refractivity contribution in [1.29, 1.82) is 0 Å². The van der Waals surface area contributed by atoms with Gasteiger partial charge in [-0.1, -0.05) is 60.5 Å². The van der Waals surface area contributed by atoms with Crippen LogP contribution in [-0.2, 0) is 4.79 Å². The molecule has 1 N–H and O–H groups in total. The number of nitrogens with one attached hydrogen (secondary N) is 1. The molecule has 2 aromatic rings. The average molecular weight is 308 g/mol. The van der Waals surface area contributed by atoms with E-state index >= 15 is 0 Å². The number of hydrogen-bond acceptors (Lipinski definition) is 1. The van der Waals surface area contributed by atoms with Gasteiger partial charge in [0.25, 0.3) is 0 Å². The van der Waals surface area contributed by atoms with E-state index in [1.807, 2.05) is 37.3 Å². The number of rotatable bonds is 4. The Bertz CT molecular complexity index is 599. The first-order chi connectivity index (χ1) is 9.56. The van der Waals surface area contributed by atoms with Crippen LogP contribution in [0.2, 0.25) is 10.0 Å². The molecule has 1 amide bonds. The van der Waals surface area contributed by atoms with Crippen LogP contribution in [-0.4, -0.2) is 5.91 Å². The monoisotopic (exact) mass is 307 g/mol. The van der Waals surface area contributed by atoms with Crippen LogP contribution < -0.4 is 5.32 Å². The maximum absolute atomic E-state index is 12.0. The molecule has 104 valence electrons. The van der Waals surface area contributed by atoms with Crippen molar-refractivity contribution in [2.24, 2.45) is 0 Å². The van der Waals surface area contributed by atoms with E-state index in [9.17, 15) is 4.79 Å². The van der Waals surface area contributed by atoms with Gasteiger partial charge in [-0.3, -0.25) is 4.79 Å². The van der Waals surface area contributed by atoms with Gasteiger partial charge in [-0.2, -0.15) is 0 Å². The third kappa shape index (κ3) is 3.99. The number of halogens is 2. The molecule has 0 bridgehead atoms. The second-order valence-electron chi connectivity index (χ2n) is 4.69. The Labute approximate surface area is 128 Å². The fraction of sp³-hybridized carbons (Fsp3) is 0.188. The number of carbonyl (C=O) groups excluding carboxylic acids is 1. The average Bonchev–Trinajstić information content (AvgIpc) is 2.44. The smallest absolute Gasteiger partial charge is 0.224 e. The second-order valence-corrected chi connectivity index (χ2v) is 5.51. The second kappa shape index (κ2) is 6.78. The topological polar surface area (TPSA) is 29.1 Å². The van der Waals surface area contributed by atoms with Crippen LogP contribution in [0.25, 0.3) is 0 Å². The summed E-state index contributed by atoms with van der Waals surface area (Å²) in [4.78, 5) is 12.0. The summed E-state index contributed by atoms with van der Waals surface area (Å²) in [7, 11) is 0. The standard InChI is InChI=1S/C16H15Cl2NO/c1-11(12-5-3-2-4-6-12)9-16(20)19-13-7-8-14(17)15(18)10-13/h2-8,10-11H,9H2,1H3,(H,19,20). The van der Waals surface area contributed by atoms with E-state index in [0.717, 1.165) is 5.56 Å². The lowest BCUT2D eigenvalue weighted by Gasteiger charge is -2.12. The van der Waals surface area contributed by atoms with E-state index in [1.165, 1.54) is 0 Å². The number of hydrogen-bond donors (Lipinski definition) is 1. The molecule has 0 aromatic heterocycles. The largest absolute Gasteiger partial charge is 0.326 e. The van der Waals surface area contributed by atoms with E-state index in [0.29, 0.717) is 22.2 Å². The maximum atomic E-state index is 12.0. The molecule has 1 atom stereocenters. The molecule has 2 nitrogen and oxygen atoms in total. The molecule has 1 unspecified atom stereocenters. The van der Waals surface area contributed by atoms with Crippen molar-refractivity contribution in [2.75, 3.05) is 5.32 Å². The van der Waals surface area contributed by atoms with Gasteiger partial charge in [-0.05, 0) is 29.7 Å². The Morgan fingerprint density at radius 2 is 1.80 bits per heavy atom. The SMILES string of the molecule is CC(CC(=O)Nc1ccc(Cl)c(Cl)c1)c1ccccc1. The van der Waals surface area contributed by atoms with Crippen molar-refractivity contribution in [3.8, 4) is 0 Å². The quantitative estimate of drug-likeness (QED) is 0.834. The van der Waals surface area contributed by atoms with Crippen molar-refractivity contribution < 1.29 is 4.79 Å². The lowest BCUT2D eigenvalue weighted by Crippen LogP contribution is -2.14. The van der Waals surface area contributed by atoms with E-state index < -0.39 is 0 Å². The van der Waals surface area contributed by atoms with Crippen LogP contribution in [0, 0.1) is 0 Å². The van der Waals surface area contributed by atoms with Crippen molar-refractivity contribution in [1.82, 2.24) is 0 Å². The predicted octanol–water partition coefficient (Wildman–Crippen LogP) is 5.13. The Hall–Kier alpha value is -1.51. The lowest BCUT2D eigenvalue weighted by atomic mass is 9.97. The van der Waals surface area contributed by atoms with Gasteiger partial charge in [-0.15, -0.1) is 0 Å². The molecule has 2 aromatic carbocycles. The van der Waals surface area contributed by atoms with Gasteiger partial charge in [0, 0.05) is 12.1 Å². The third-order valence-electron chi connectivity index (χ3n) is 3.06. The van der Waals surface area contributed by atoms with Gasteiger partial charge >= 0.3 is 0 Å². The zero-order chi connectivity index (χ0) is 14.5. The highest BCUT2D eigenvalue weighted by atomic mass is 35.5. The summed E-state index contributed by atoms with van der Waals surface area (Å²) in [6.45, 7) is 2.03. The summed E-state index contributed by atoms with van der Waals surface area (Å²) in [5.41, 5.74) is 1.81. The molecule has 0 aliphatic rings. The van der Waals surface area contributed by atoms with E-state index in [-0.39, 0.29) is 11.8 Å². The zero-order valence-corrected chi connectivity index (χ0v) is 12.6. The highest BCUT2D eigenvalue weighted by molar-refractivity contribution is 6.42. The van der Waals surface area contributed by atoms with Crippen molar-refractivity contribution >= 4 is 34.8 Å². The Balaban J connectivity index is 1.97. The molecular weight excluding hydrogens is 293 g/mol. The molecule has 0 radical (unpaired) electrons. The number of anilines is 1. The highest BCUT2D eigenvalue weighted by Gasteiger charge is 2.11. The van der Waals surface area contributed by atoms with Crippen LogP contribution >= 0.6 is 23.2 Å². The van der Waals surface area contributed by atoms with E-state index in [1.54, 1.807) is 18.2 Å². The molecule has 0 aliphatic carbocycles. The molecule has 0 fully saturated rings. The molecule has 0 spiro atoms. The number of carbonyl (C=O) groups is 1. The molecule has 0 saturated carbocycles. The third-order valence-corrected chi connectivity index (χ3v) is 3.80. The number of benzene rings is 2. The van der Waals surface area contributed by atoms with Crippen LogP contribution in [0.4, 0.5) is 5.69 Å². The van der Waals surface area contributed by atoms with Gasteiger partial charge in [0.2, 0.25) is 5.91 Å². The minimum atomic E-state index is -0.0419. The van der Waals surface area contributed by atoms with Gasteiger partial charge in [0.15, 0.2) is 0 Å². The zero-order valence-electron chi connectivity index (χ0n) is 11.1. The first kappa shape index (κ1) is 14.9. The van der Waals surface area contributed by atoms with Gasteiger partial charge in [0.1, 0.15) is 0 Å². The van der Waals surface area contributed by atoms with Crippen molar-refractivity contribution in [3.05, 3.63) is 64.1 Å². The van der Waals surface area contributed by atoms with E-state index in [2.05, 4.69) is 5.32 Å². The molecule has 0 aliphatic heterocycles. The molecule has 0 heterocycles. The minimum absolute atomic E-state index is 0.0419. The molecule has 4 heteroatoms. The van der Waals surface area contributed by atoms with Gasteiger partial charge in [0.05, 0.1) is 10.0 Å². The summed E-state index contributed by atoms with van der Waals surface area (Å²) in [5.74, 6) is 0.124. The summed E-state index contributed by atoms with van der Waals surface area (Å²) < 4.78 is 0.